The largest absolute Gasteiger partial charge is 0.506 e. The average molecular weight is 371 g/mol. The number of anilines is 1. The first-order chi connectivity index (χ1) is 12.2. The highest BCUT2D eigenvalue weighted by molar-refractivity contribution is 7.14. The van der Waals surface area contributed by atoms with E-state index in [1.807, 2.05) is 45.3 Å². The summed E-state index contributed by atoms with van der Waals surface area (Å²) in [6, 6.07) is 9.33. The molecule has 1 aliphatic heterocycles. The second-order valence-corrected chi connectivity index (χ2v) is 7.46. The number of phenolic OH excluding ortho intramolecular Hbond substituents is 1. The molecule has 1 aliphatic rings. The predicted octanol–water partition coefficient (Wildman–Crippen LogP) is 3.54. The van der Waals surface area contributed by atoms with Crippen LogP contribution in [0.15, 0.2) is 46.5 Å². The number of piperazine rings is 1. The zero-order valence-electron chi connectivity index (χ0n) is 13.5. The van der Waals surface area contributed by atoms with Crippen LogP contribution in [0.3, 0.4) is 0 Å². The van der Waals surface area contributed by atoms with E-state index in [1.54, 1.807) is 17.4 Å². The van der Waals surface area contributed by atoms with Crippen LogP contribution in [0.5, 0.6) is 5.75 Å². The fourth-order valence-electron chi connectivity index (χ4n) is 2.93. The van der Waals surface area contributed by atoms with E-state index in [4.69, 9.17) is 0 Å². The number of aromatic nitrogens is 1. The quantitative estimate of drug-likeness (QED) is 0.765. The molecule has 1 aromatic carbocycles. The Kier molecular flexibility index (Phi) is 4.42. The van der Waals surface area contributed by atoms with Crippen LogP contribution < -0.4 is 4.90 Å². The van der Waals surface area contributed by atoms with Crippen LogP contribution in [0.2, 0.25) is 0 Å². The van der Waals surface area contributed by atoms with E-state index in [1.165, 1.54) is 11.3 Å². The van der Waals surface area contributed by atoms with E-state index in [0.717, 1.165) is 16.3 Å². The summed E-state index contributed by atoms with van der Waals surface area (Å²) in [4.78, 5) is 21.1. The van der Waals surface area contributed by atoms with Crippen molar-refractivity contribution in [3.8, 4) is 16.3 Å². The molecular weight excluding hydrogens is 354 g/mol. The summed E-state index contributed by atoms with van der Waals surface area (Å²) in [6.07, 6.45) is 0. The number of thiazole rings is 1. The van der Waals surface area contributed by atoms with Gasteiger partial charge < -0.3 is 14.9 Å². The number of nitrogens with zero attached hydrogens (tertiary/aromatic N) is 3. The molecule has 0 spiro atoms. The number of aromatic hydroxyl groups is 1. The van der Waals surface area contributed by atoms with Gasteiger partial charge in [0.05, 0.1) is 5.69 Å². The molecule has 3 heterocycles. The van der Waals surface area contributed by atoms with Crippen LogP contribution >= 0.6 is 22.7 Å². The number of rotatable bonds is 3. The first-order valence-corrected chi connectivity index (χ1v) is 9.85. The molecule has 1 N–H and O–H groups in total. The van der Waals surface area contributed by atoms with Crippen molar-refractivity contribution in [2.45, 2.75) is 0 Å². The van der Waals surface area contributed by atoms with Crippen molar-refractivity contribution in [1.29, 1.82) is 0 Å². The fourth-order valence-corrected chi connectivity index (χ4v) is 4.44. The second-order valence-electron chi connectivity index (χ2n) is 5.82. The molecule has 0 unspecified atom stereocenters. The van der Waals surface area contributed by atoms with E-state index in [9.17, 15) is 9.90 Å². The molecule has 0 atom stereocenters. The molecule has 1 amide bonds. The third kappa shape index (κ3) is 3.25. The summed E-state index contributed by atoms with van der Waals surface area (Å²) < 4.78 is 0. The Morgan fingerprint density at radius 3 is 2.60 bits per heavy atom. The lowest BCUT2D eigenvalue weighted by Crippen LogP contribution is -2.48. The van der Waals surface area contributed by atoms with Gasteiger partial charge in [-0.15, -0.1) is 11.3 Å². The number of phenols is 1. The van der Waals surface area contributed by atoms with Gasteiger partial charge in [-0.2, -0.15) is 11.3 Å². The summed E-state index contributed by atoms with van der Waals surface area (Å²) in [5.74, 6) is 0.261. The van der Waals surface area contributed by atoms with E-state index in [0.29, 0.717) is 31.9 Å². The highest BCUT2D eigenvalue weighted by Crippen LogP contribution is 2.28. The number of carbonyl (C=O) groups is 1. The van der Waals surface area contributed by atoms with Crippen molar-refractivity contribution >= 4 is 34.3 Å². The molecule has 1 saturated heterocycles. The summed E-state index contributed by atoms with van der Waals surface area (Å²) in [6.45, 7) is 2.65. The van der Waals surface area contributed by atoms with Crippen LogP contribution in [0.25, 0.3) is 10.6 Å². The van der Waals surface area contributed by atoms with Gasteiger partial charge >= 0.3 is 0 Å². The molecule has 0 radical (unpaired) electrons. The number of hydrogen-bond donors (Lipinski definition) is 1. The number of amides is 1. The molecule has 4 rings (SSSR count). The zero-order valence-corrected chi connectivity index (χ0v) is 15.1. The van der Waals surface area contributed by atoms with Gasteiger partial charge in [-0.25, -0.2) is 4.98 Å². The van der Waals surface area contributed by atoms with Gasteiger partial charge in [0.25, 0.3) is 5.91 Å². The van der Waals surface area contributed by atoms with Gasteiger partial charge in [-0.1, -0.05) is 12.1 Å². The van der Waals surface area contributed by atoms with Gasteiger partial charge in [-0.3, -0.25) is 4.79 Å². The van der Waals surface area contributed by atoms with Crippen LogP contribution in [-0.2, 0) is 0 Å². The normalized spacial score (nSPS) is 14.7. The molecule has 0 saturated carbocycles. The lowest BCUT2D eigenvalue weighted by molar-refractivity contribution is 0.0741. The standard InChI is InChI=1S/C18H17N3O2S2/c22-16-4-2-1-3-15(16)20-6-8-21(9-7-20)18(23)14-12-25-17(19-14)13-5-10-24-11-13/h1-5,10-12,22H,6-9H2. The molecular formula is C18H17N3O2S2. The smallest absolute Gasteiger partial charge is 0.273 e. The van der Waals surface area contributed by atoms with Crippen molar-refractivity contribution in [1.82, 2.24) is 9.88 Å². The Labute approximate surface area is 153 Å². The molecule has 0 bridgehead atoms. The Bertz CT molecular complexity index is 868. The van der Waals surface area contributed by atoms with Crippen molar-refractivity contribution < 1.29 is 9.90 Å². The summed E-state index contributed by atoms with van der Waals surface area (Å²) in [5, 5.41) is 16.8. The molecule has 128 valence electrons. The Morgan fingerprint density at radius 2 is 1.88 bits per heavy atom. The minimum atomic E-state index is -0.0188. The minimum absolute atomic E-state index is 0.0188. The maximum atomic E-state index is 12.7. The minimum Gasteiger partial charge on any atom is -0.506 e. The SMILES string of the molecule is O=C(c1csc(-c2ccsc2)n1)N1CCN(c2ccccc2O)CC1. The summed E-state index contributed by atoms with van der Waals surface area (Å²) in [5.41, 5.74) is 2.41. The predicted molar refractivity (Wildman–Crippen MR) is 102 cm³/mol. The topological polar surface area (TPSA) is 56.7 Å². The van der Waals surface area contributed by atoms with Crippen molar-refractivity contribution in [2.75, 3.05) is 31.1 Å². The van der Waals surface area contributed by atoms with Crippen molar-refractivity contribution in [3.05, 3.63) is 52.2 Å². The van der Waals surface area contributed by atoms with E-state index in [2.05, 4.69) is 9.88 Å². The number of benzene rings is 1. The average Bonchev–Trinajstić information content (AvgIpc) is 3.33. The molecule has 25 heavy (non-hydrogen) atoms. The Balaban J connectivity index is 1.42. The molecule has 0 aliphatic carbocycles. The molecule has 5 nitrogen and oxygen atoms in total. The van der Waals surface area contributed by atoms with E-state index < -0.39 is 0 Å². The van der Waals surface area contributed by atoms with E-state index >= 15 is 0 Å². The van der Waals surface area contributed by atoms with Crippen LogP contribution in [0.4, 0.5) is 5.69 Å². The third-order valence-corrected chi connectivity index (χ3v) is 5.86. The van der Waals surface area contributed by atoms with E-state index in [-0.39, 0.29) is 11.7 Å². The molecule has 2 aromatic heterocycles. The first-order valence-electron chi connectivity index (χ1n) is 8.03. The maximum absolute atomic E-state index is 12.7. The molecule has 1 fully saturated rings. The second kappa shape index (κ2) is 6.85. The van der Waals surface area contributed by atoms with Gasteiger partial charge in [0, 0.05) is 42.5 Å². The van der Waals surface area contributed by atoms with Crippen LogP contribution in [-0.4, -0.2) is 47.1 Å². The van der Waals surface area contributed by atoms with Crippen LogP contribution in [0, 0.1) is 0 Å². The van der Waals surface area contributed by atoms with Gasteiger partial charge in [0.15, 0.2) is 0 Å². The highest BCUT2D eigenvalue weighted by atomic mass is 32.1. The number of carbonyl (C=O) groups excluding carboxylic acids is 1. The third-order valence-electron chi connectivity index (χ3n) is 4.28. The van der Waals surface area contributed by atoms with Crippen LogP contribution in [0.1, 0.15) is 10.5 Å². The van der Waals surface area contributed by atoms with Crippen molar-refractivity contribution in [3.63, 3.8) is 0 Å². The number of thiophene rings is 1. The summed E-state index contributed by atoms with van der Waals surface area (Å²) in [7, 11) is 0. The maximum Gasteiger partial charge on any atom is 0.273 e. The van der Waals surface area contributed by atoms with Gasteiger partial charge in [0.1, 0.15) is 16.5 Å². The lowest BCUT2D eigenvalue weighted by Gasteiger charge is -2.36. The number of hydrogen-bond acceptors (Lipinski definition) is 6. The Hall–Kier alpha value is -2.38. The zero-order chi connectivity index (χ0) is 17.2. The first kappa shape index (κ1) is 16.1. The van der Waals surface area contributed by atoms with Crippen molar-refractivity contribution in [2.24, 2.45) is 0 Å². The highest BCUT2D eigenvalue weighted by Gasteiger charge is 2.25. The summed E-state index contributed by atoms with van der Waals surface area (Å²) >= 11 is 3.13. The van der Waals surface area contributed by atoms with Gasteiger partial charge in [-0.05, 0) is 23.6 Å². The molecule has 3 aromatic rings. The molecule has 7 heteroatoms. The lowest BCUT2D eigenvalue weighted by atomic mass is 10.2. The fraction of sp³-hybridized carbons (Fsp3) is 0.222. The Morgan fingerprint density at radius 1 is 1.08 bits per heavy atom. The monoisotopic (exact) mass is 371 g/mol. The van der Waals surface area contributed by atoms with Gasteiger partial charge in [0.2, 0.25) is 0 Å². The number of para-hydroxylation sites is 2.